The third-order valence-corrected chi connectivity index (χ3v) is 3.52. The first kappa shape index (κ1) is 13.6. The normalized spacial score (nSPS) is 12.6. The maximum atomic E-state index is 12.1. The van der Waals surface area contributed by atoms with Crippen LogP contribution in [0.15, 0.2) is 48.8 Å². The van der Waals surface area contributed by atoms with E-state index in [0.29, 0.717) is 12.3 Å². The number of aromatic nitrogens is 1. The van der Waals surface area contributed by atoms with Crippen molar-refractivity contribution in [2.45, 2.75) is 39.0 Å². The Labute approximate surface area is 115 Å². The third-order valence-electron chi connectivity index (χ3n) is 3.52. The van der Waals surface area contributed by atoms with Crippen molar-refractivity contribution in [2.24, 2.45) is 0 Å². The molecule has 0 bridgehead atoms. The highest BCUT2D eigenvalue weighted by Gasteiger charge is 2.13. The van der Waals surface area contributed by atoms with E-state index in [2.05, 4.69) is 45.0 Å². The van der Waals surface area contributed by atoms with Crippen LogP contribution in [0, 0.1) is 0 Å². The van der Waals surface area contributed by atoms with Crippen LogP contribution < -0.4 is 0 Å². The van der Waals surface area contributed by atoms with Crippen molar-refractivity contribution in [3.8, 4) is 0 Å². The second-order valence-corrected chi connectivity index (χ2v) is 5.41. The maximum absolute atomic E-state index is 12.1. The summed E-state index contributed by atoms with van der Waals surface area (Å²) in [5.74, 6) is 0.911. The first-order valence-electron chi connectivity index (χ1n) is 6.84. The molecule has 1 heterocycles. The van der Waals surface area contributed by atoms with E-state index >= 15 is 0 Å². The van der Waals surface area contributed by atoms with Crippen LogP contribution in [-0.4, -0.2) is 10.5 Å². The number of nitrogens with zero attached hydrogens (tertiary/aromatic N) is 1. The topological polar surface area (TPSA) is 22.0 Å². The molecule has 2 aromatic rings. The number of hydrogen-bond acceptors (Lipinski definition) is 1. The molecule has 0 N–H and O–H groups in total. The molecule has 0 saturated carbocycles. The molecule has 1 aromatic heterocycles. The van der Waals surface area contributed by atoms with Gasteiger partial charge < -0.3 is 0 Å². The van der Waals surface area contributed by atoms with Crippen molar-refractivity contribution >= 4 is 5.91 Å². The Morgan fingerprint density at radius 2 is 1.68 bits per heavy atom. The number of carbonyl (C=O) groups excluding carboxylic acids is 1. The van der Waals surface area contributed by atoms with E-state index < -0.39 is 0 Å². The summed E-state index contributed by atoms with van der Waals surface area (Å²) in [4.78, 5) is 12.1. The van der Waals surface area contributed by atoms with Gasteiger partial charge in [-0.1, -0.05) is 45.0 Å². The lowest BCUT2D eigenvalue weighted by Crippen LogP contribution is -2.11. The standard InChI is InChI=1S/C17H21NO/c1-13(2)15-7-6-8-16(12-15)14(3)11-17(19)18-9-4-5-10-18/h4-10,12-14H,11H2,1-3H3/t14-/m0/s1. The predicted octanol–water partition coefficient (Wildman–Crippen LogP) is 4.45. The van der Waals surface area contributed by atoms with Gasteiger partial charge in [-0.15, -0.1) is 0 Å². The van der Waals surface area contributed by atoms with E-state index in [1.54, 1.807) is 17.0 Å². The van der Waals surface area contributed by atoms with Crippen LogP contribution in [0.3, 0.4) is 0 Å². The van der Waals surface area contributed by atoms with Gasteiger partial charge in [0, 0.05) is 18.8 Å². The lowest BCUT2D eigenvalue weighted by atomic mass is 9.93. The lowest BCUT2D eigenvalue weighted by Gasteiger charge is -2.14. The summed E-state index contributed by atoms with van der Waals surface area (Å²) in [6.45, 7) is 6.49. The molecule has 0 spiro atoms. The summed E-state index contributed by atoms with van der Waals surface area (Å²) in [5, 5.41) is 0. The average molecular weight is 255 g/mol. The van der Waals surface area contributed by atoms with Crippen molar-refractivity contribution in [1.82, 2.24) is 4.57 Å². The maximum Gasteiger partial charge on any atom is 0.231 e. The molecule has 0 amide bonds. The Kier molecular flexibility index (Phi) is 4.20. The van der Waals surface area contributed by atoms with Crippen LogP contribution >= 0.6 is 0 Å². The van der Waals surface area contributed by atoms with Gasteiger partial charge in [0.1, 0.15) is 0 Å². The Bertz CT molecular complexity index is 540. The van der Waals surface area contributed by atoms with Gasteiger partial charge in [-0.25, -0.2) is 0 Å². The molecule has 1 atom stereocenters. The van der Waals surface area contributed by atoms with E-state index in [1.165, 1.54) is 11.1 Å². The van der Waals surface area contributed by atoms with E-state index in [4.69, 9.17) is 0 Å². The molecule has 0 saturated heterocycles. The Morgan fingerprint density at radius 3 is 2.32 bits per heavy atom. The number of rotatable bonds is 4. The summed E-state index contributed by atoms with van der Waals surface area (Å²) in [5.41, 5.74) is 2.57. The van der Waals surface area contributed by atoms with Crippen LogP contribution in [-0.2, 0) is 0 Å². The average Bonchev–Trinajstić information content (AvgIpc) is 2.92. The second-order valence-electron chi connectivity index (χ2n) is 5.41. The fourth-order valence-electron chi connectivity index (χ4n) is 2.21. The Hall–Kier alpha value is -1.83. The fraction of sp³-hybridized carbons (Fsp3) is 0.353. The highest BCUT2D eigenvalue weighted by atomic mass is 16.1. The predicted molar refractivity (Wildman–Crippen MR) is 78.6 cm³/mol. The highest BCUT2D eigenvalue weighted by molar-refractivity contribution is 5.79. The minimum Gasteiger partial charge on any atom is -0.295 e. The zero-order chi connectivity index (χ0) is 13.8. The Balaban J connectivity index is 2.09. The lowest BCUT2D eigenvalue weighted by molar-refractivity contribution is 0.0895. The number of benzene rings is 1. The van der Waals surface area contributed by atoms with Crippen LogP contribution in [0.25, 0.3) is 0 Å². The molecule has 0 radical (unpaired) electrons. The Morgan fingerprint density at radius 1 is 1.05 bits per heavy atom. The van der Waals surface area contributed by atoms with E-state index in [9.17, 15) is 4.79 Å². The summed E-state index contributed by atoms with van der Waals surface area (Å²) >= 11 is 0. The van der Waals surface area contributed by atoms with Crippen LogP contribution in [0.4, 0.5) is 0 Å². The summed E-state index contributed by atoms with van der Waals surface area (Å²) in [6.07, 6.45) is 4.15. The van der Waals surface area contributed by atoms with Gasteiger partial charge in [0.25, 0.3) is 0 Å². The number of hydrogen-bond donors (Lipinski definition) is 0. The minimum absolute atomic E-state index is 0.146. The van der Waals surface area contributed by atoms with Gasteiger partial charge in [-0.2, -0.15) is 0 Å². The highest BCUT2D eigenvalue weighted by Crippen LogP contribution is 2.23. The molecule has 0 fully saturated rings. The molecule has 2 heteroatoms. The van der Waals surface area contributed by atoms with Gasteiger partial charge in [0.05, 0.1) is 0 Å². The molecule has 0 unspecified atom stereocenters. The van der Waals surface area contributed by atoms with Crippen LogP contribution in [0.5, 0.6) is 0 Å². The van der Waals surface area contributed by atoms with Crippen molar-refractivity contribution < 1.29 is 4.79 Å². The second kappa shape index (κ2) is 5.87. The molecule has 19 heavy (non-hydrogen) atoms. The van der Waals surface area contributed by atoms with E-state index in [1.807, 2.05) is 12.1 Å². The van der Waals surface area contributed by atoms with Crippen molar-refractivity contribution in [3.63, 3.8) is 0 Å². The number of carbonyl (C=O) groups is 1. The quantitative estimate of drug-likeness (QED) is 0.791. The molecule has 2 rings (SSSR count). The zero-order valence-corrected chi connectivity index (χ0v) is 11.8. The first-order chi connectivity index (χ1) is 9.08. The van der Waals surface area contributed by atoms with Gasteiger partial charge in [-0.05, 0) is 35.1 Å². The smallest absolute Gasteiger partial charge is 0.231 e. The van der Waals surface area contributed by atoms with Gasteiger partial charge in [0.2, 0.25) is 5.91 Å². The summed E-state index contributed by atoms with van der Waals surface area (Å²) in [7, 11) is 0. The van der Waals surface area contributed by atoms with Crippen LogP contribution in [0.2, 0.25) is 0 Å². The summed E-state index contributed by atoms with van der Waals surface area (Å²) < 4.78 is 1.66. The molecule has 0 aliphatic carbocycles. The zero-order valence-electron chi connectivity index (χ0n) is 11.8. The molecule has 0 aliphatic heterocycles. The molecule has 0 aliphatic rings. The summed E-state index contributed by atoms with van der Waals surface area (Å²) in [6, 6.07) is 12.3. The van der Waals surface area contributed by atoms with Crippen molar-refractivity contribution in [3.05, 3.63) is 59.9 Å². The van der Waals surface area contributed by atoms with Gasteiger partial charge in [0.15, 0.2) is 0 Å². The first-order valence-corrected chi connectivity index (χ1v) is 6.84. The van der Waals surface area contributed by atoms with Crippen molar-refractivity contribution in [1.29, 1.82) is 0 Å². The molecular formula is C17H21NO. The van der Waals surface area contributed by atoms with Gasteiger partial charge >= 0.3 is 0 Å². The molecule has 1 aromatic carbocycles. The third kappa shape index (κ3) is 3.34. The monoisotopic (exact) mass is 255 g/mol. The molecular weight excluding hydrogens is 234 g/mol. The van der Waals surface area contributed by atoms with E-state index in [-0.39, 0.29) is 11.8 Å². The SMILES string of the molecule is CC(C)c1cccc([C@@H](C)CC(=O)n2cccc2)c1. The molecule has 2 nitrogen and oxygen atoms in total. The minimum atomic E-state index is 0.146. The fourth-order valence-corrected chi connectivity index (χ4v) is 2.21. The van der Waals surface area contributed by atoms with Crippen LogP contribution in [0.1, 0.15) is 54.9 Å². The van der Waals surface area contributed by atoms with Gasteiger partial charge in [-0.3, -0.25) is 9.36 Å². The van der Waals surface area contributed by atoms with Crippen molar-refractivity contribution in [2.75, 3.05) is 0 Å². The largest absolute Gasteiger partial charge is 0.295 e. The van der Waals surface area contributed by atoms with E-state index in [0.717, 1.165) is 0 Å². The molecule has 100 valence electrons.